The van der Waals surface area contributed by atoms with Gasteiger partial charge in [-0.2, -0.15) is 0 Å². The standard InChI is InChI=1S/C26H22Cl2FN3O2S/c27-18-7-10-20(22(28)13-18)26(34)30-11-12-32-15-24(21-3-1-2-4-23(21)32)35-16-25(33)31-14-17-5-8-19(29)9-6-17/h1-10,13,15H,11-12,14,16H2,(H,30,34)(H,31,33). The van der Waals surface area contributed by atoms with E-state index in [9.17, 15) is 14.0 Å². The van der Waals surface area contributed by atoms with Gasteiger partial charge in [0.1, 0.15) is 5.82 Å². The summed E-state index contributed by atoms with van der Waals surface area (Å²) in [5.41, 5.74) is 2.22. The summed E-state index contributed by atoms with van der Waals surface area (Å²) in [5, 5.41) is 7.56. The third kappa shape index (κ3) is 6.57. The van der Waals surface area contributed by atoms with Crippen molar-refractivity contribution >= 4 is 57.7 Å². The van der Waals surface area contributed by atoms with Crippen LogP contribution in [0, 0.1) is 5.82 Å². The van der Waals surface area contributed by atoms with Crippen LogP contribution in [0.5, 0.6) is 0 Å². The molecule has 4 rings (SSSR count). The molecule has 0 saturated carbocycles. The van der Waals surface area contributed by atoms with Crippen LogP contribution in [0.2, 0.25) is 10.0 Å². The Morgan fingerprint density at radius 1 is 0.971 bits per heavy atom. The van der Waals surface area contributed by atoms with Gasteiger partial charge in [0, 0.05) is 46.7 Å². The van der Waals surface area contributed by atoms with Crippen LogP contribution >= 0.6 is 35.0 Å². The van der Waals surface area contributed by atoms with Crippen molar-refractivity contribution in [1.82, 2.24) is 15.2 Å². The summed E-state index contributed by atoms with van der Waals surface area (Å²) >= 11 is 13.5. The van der Waals surface area contributed by atoms with E-state index in [2.05, 4.69) is 15.2 Å². The van der Waals surface area contributed by atoms with Gasteiger partial charge in [-0.25, -0.2) is 4.39 Å². The van der Waals surface area contributed by atoms with Crippen LogP contribution in [0.3, 0.4) is 0 Å². The van der Waals surface area contributed by atoms with E-state index in [0.29, 0.717) is 35.2 Å². The summed E-state index contributed by atoms with van der Waals surface area (Å²) in [7, 11) is 0. The zero-order chi connectivity index (χ0) is 24.8. The second-order valence-electron chi connectivity index (χ2n) is 7.78. The Balaban J connectivity index is 1.34. The molecule has 0 aliphatic carbocycles. The molecule has 1 heterocycles. The summed E-state index contributed by atoms with van der Waals surface area (Å²) < 4.78 is 15.1. The lowest BCUT2D eigenvalue weighted by Crippen LogP contribution is -2.27. The quantitative estimate of drug-likeness (QED) is 0.264. The molecule has 35 heavy (non-hydrogen) atoms. The first-order valence-corrected chi connectivity index (χ1v) is 12.6. The van der Waals surface area contributed by atoms with Crippen molar-refractivity contribution in [2.45, 2.75) is 18.0 Å². The van der Waals surface area contributed by atoms with Crippen LogP contribution < -0.4 is 10.6 Å². The molecular formula is C26H22Cl2FN3O2S. The number of halogens is 3. The van der Waals surface area contributed by atoms with E-state index in [1.807, 2.05) is 30.5 Å². The summed E-state index contributed by atoms with van der Waals surface area (Å²) in [6.07, 6.45) is 1.99. The van der Waals surface area contributed by atoms with Gasteiger partial charge in [-0.1, -0.05) is 53.5 Å². The number of hydrogen-bond acceptors (Lipinski definition) is 3. The lowest BCUT2D eigenvalue weighted by Gasteiger charge is -2.09. The van der Waals surface area contributed by atoms with Crippen LogP contribution in [0.25, 0.3) is 10.9 Å². The number of nitrogens with zero attached hydrogens (tertiary/aromatic N) is 1. The summed E-state index contributed by atoms with van der Waals surface area (Å²) in [4.78, 5) is 25.8. The van der Waals surface area contributed by atoms with Gasteiger partial charge < -0.3 is 15.2 Å². The molecular weight excluding hydrogens is 508 g/mol. The molecule has 180 valence electrons. The zero-order valence-corrected chi connectivity index (χ0v) is 20.9. The summed E-state index contributed by atoms with van der Waals surface area (Å²) in [6, 6.07) is 18.7. The van der Waals surface area contributed by atoms with Gasteiger partial charge in [0.2, 0.25) is 5.91 Å². The van der Waals surface area contributed by atoms with Crippen molar-refractivity contribution < 1.29 is 14.0 Å². The van der Waals surface area contributed by atoms with Crippen molar-refractivity contribution in [2.75, 3.05) is 12.3 Å². The van der Waals surface area contributed by atoms with Crippen molar-refractivity contribution in [1.29, 1.82) is 0 Å². The van der Waals surface area contributed by atoms with Crippen LogP contribution in [0.4, 0.5) is 4.39 Å². The highest BCUT2D eigenvalue weighted by molar-refractivity contribution is 8.00. The van der Waals surface area contributed by atoms with Crippen molar-refractivity contribution in [3.63, 3.8) is 0 Å². The summed E-state index contributed by atoms with van der Waals surface area (Å²) in [5.74, 6) is -0.430. The Labute approximate surface area is 216 Å². The minimum Gasteiger partial charge on any atom is -0.351 e. The smallest absolute Gasteiger partial charge is 0.252 e. The number of benzene rings is 3. The van der Waals surface area contributed by atoms with Crippen molar-refractivity contribution in [2.24, 2.45) is 0 Å². The third-order valence-corrected chi connectivity index (χ3v) is 6.92. The van der Waals surface area contributed by atoms with E-state index in [4.69, 9.17) is 23.2 Å². The molecule has 1 aromatic heterocycles. The van der Waals surface area contributed by atoms with E-state index in [0.717, 1.165) is 21.4 Å². The number of para-hydroxylation sites is 1. The van der Waals surface area contributed by atoms with Gasteiger partial charge in [0.15, 0.2) is 0 Å². The Hall–Kier alpha value is -3.00. The second-order valence-corrected chi connectivity index (χ2v) is 9.64. The van der Waals surface area contributed by atoms with Gasteiger partial charge in [0.05, 0.1) is 16.3 Å². The minimum atomic E-state index is -0.305. The number of hydrogen-bond donors (Lipinski definition) is 2. The van der Waals surface area contributed by atoms with Crippen molar-refractivity contribution in [3.8, 4) is 0 Å². The number of fused-ring (bicyclic) bond motifs is 1. The average molecular weight is 530 g/mol. The highest BCUT2D eigenvalue weighted by Gasteiger charge is 2.13. The van der Waals surface area contributed by atoms with E-state index < -0.39 is 0 Å². The number of nitrogens with one attached hydrogen (secondary N) is 2. The highest BCUT2D eigenvalue weighted by Crippen LogP contribution is 2.30. The molecule has 0 bridgehead atoms. The lowest BCUT2D eigenvalue weighted by atomic mass is 10.2. The fraction of sp³-hybridized carbons (Fsp3) is 0.154. The molecule has 0 unspecified atom stereocenters. The third-order valence-electron chi connectivity index (χ3n) is 5.33. The molecule has 2 N–H and O–H groups in total. The molecule has 9 heteroatoms. The first-order valence-electron chi connectivity index (χ1n) is 10.9. The van der Waals surface area contributed by atoms with E-state index in [1.54, 1.807) is 24.3 Å². The molecule has 0 saturated heterocycles. The fourth-order valence-corrected chi connectivity index (χ4v) is 4.98. The van der Waals surface area contributed by atoms with E-state index in [1.165, 1.54) is 30.0 Å². The number of aromatic nitrogens is 1. The molecule has 0 atom stereocenters. The summed E-state index contributed by atoms with van der Waals surface area (Å²) in [6.45, 7) is 1.30. The molecule has 0 fully saturated rings. The molecule has 0 aliphatic rings. The molecule has 0 radical (unpaired) electrons. The Morgan fingerprint density at radius 2 is 1.74 bits per heavy atom. The molecule has 3 aromatic carbocycles. The van der Waals surface area contributed by atoms with Gasteiger partial charge in [-0.3, -0.25) is 9.59 Å². The first-order chi connectivity index (χ1) is 16.9. The Bertz CT molecular complexity index is 1360. The Morgan fingerprint density at radius 3 is 2.51 bits per heavy atom. The van der Waals surface area contributed by atoms with E-state index >= 15 is 0 Å². The average Bonchev–Trinajstić information content (AvgIpc) is 3.20. The molecule has 0 aliphatic heterocycles. The van der Waals surface area contributed by atoms with Crippen LogP contribution in [0.1, 0.15) is 15.9 Å². The molecule has 5 nitrogen and oxygen atoms in total. The first kappa shape index (κ1) is 25.1. The number of carbonyl (C=O) groups excluding carboxylic acids is 2. The predicted molar refractivity (Wildman–Crippen MR) is 140 cm³/mol. The maximum Gasteiger partial charge on any atom is 0.252 e. The predicted octanol–water partition coefficient (Wildman–Crippen LogP) is 5.93. The molecule has 4 aromatic rings. The maximum absolute atomic E-state index is 13.0. The largest absolute Gasteiger partial charge is 0.351 e. The molecule has 0 spiro atoms. The van der Waals surface area contributed by atoms with Crippen LogP contribution in [0.15, 0.2) is 77.8 Å². The van der Waals surface area contributed by atoms with Crippen LogP contribution in [-0.2, 0) is 17.9 Å². The minimum absolute atomic E-state index is 0.108. The monoisotopic (exact) mass is 529 g/mol. The number of amides is 2. The van der Waals surface area contributed by atoms with Crippen LogP contribution in [-0.4, -0.2) is 28.7 Å². The lowest BCUT2D eigenvalue weighted by molar-refractivity contribution is -0.118. The van der Waals surface area contributed by atoms with Gasteiger partial charge in [-0.15, -0.1) is 11.8 Å². The number of carbonyl (C=O) groups is 2. The zero-order valence-electron chi connectivity index (χ0n) is 18.6. The SMILES string of the molecule is O=C(CSc1cn(CCNC(=O)c2ccc(Cl)cc2Cl)c2ccccc12)NCc1ccc(F)cc1. The van der Waals surface area contributed by atoms with E-state index in [-0.39, 0.29) is 23.4 Å². The number of rotatable bonds is 9. The van der Waals surface area contributed by atoms with Gasteiger partial charge >= 0.3 is 0 Å². The fourth-order valence-electron chi connectivity index (χ4n) is 3.57. The topological polar surface area (TPSA) is 63.1 Å². The number of thioether (sulfide) groups is 1. The highest BCUT2D eigenvalue weighted by atomic mass is 35.5. The maximum atomic E-state index is 13.0. The Kier molecular flexibility index (Phi) is 8.33. The van der Waals surface area contributed by atoms with Gasteiger partial charge in [-0.05, 0) is 42.0 Å². The normalized spacial score (nSPS) is 10.9. The van der Waals surface area contributed by atoms with Crippen molar-refractivity contribution in [3.05, 3.63) is 99.9 Å². The second kappa shape index (κ2) is 11.6. The molecule has 2 amide bonds. The van der Waals surface area contributed by atoms with Gasteiger partial charge in [0.25, 0.3) is 5.91 Å².